The molecule has 0 bridgehead atoms. The van der Waals surface area contributed by atoms with Gasteiger partial charge in [0.2, 0.25) is 0 Å². The zero-order valence-corrected chi connectivity index (χ0v) is 15.4. The number of aryl methyl sites for hydroxylation is 1. The van der Waals surface area contributed by atoms with Gasteiger partial charge in [0.15, 0.2) is 0 Å². The van der Waals surface area contributed by atoms with Crippen LogP contribution in [0.2, 0.25) is 0 Å². The van der Waals surface area contributed by atoms with Gasteiger partial charge in [0.05, 0.1) is 11.6 Å². The van der Waals surface area contributed by atoms with Gasteiger partial charge in [-0.25, -0.2) is 0 Å². The highest BCUT2D eigenvalue weighted by molar-refractivity contribution is 6.51. The summed E-state index contributed by atoms with van der Waals surface area (Å²) in [4.78, 5) is 27.3. The Morgan fingerprint density at radius 1 is 0.821 bits per heavy atom. The summed E-state index contributed by atoms with van der Waals surface area (Å²) in [6.07, 6.45) is 0. The standard InChI is InChI=1S/C24H19NO3/c1-16-12-14-18(15-13-16)22(26)20-21(17-8-4-2-5-9-17)25(24(28)23(20)27)19-10-6-3-7-11-19/h2-15,21,26H,1H3/b22-20+/t21-/m0/s1. The number of Topliss-reactive ketones (excluding diaryl/α,β-unsaturated/α-hetero) is 1. The van der Waals surface area contributed by atoms with Crippen LogP contribution in [-0.4, -0.2) is 16.8 Å². The van der Waals surface area contributed by atoms with Crippen LogP contribution in [0.15, 0.2) is 90.5 Å². The summed E-state index contributed by atoms with van der Waals surface area (Å²) in [6, 6.07) is 24.9. The molecular weight excluding hydrogens is 350 g/mol. The molecular formula is C24H19NO3. The lowest BCUT2D eigenvalue weighted by molar-refractivity contribution is -0.132. The number of hydrogen-bond donors (Lipinski definition) is 1. The van der Waals surface area contributed by atoms with Crippen LogP contribution in [0.1, 0.15) is 22.7 Å². The number of aliphatic hydroxyl groups excluding tert-OH is 1. The third kappa shape index (κ3) is 2.99. The van der Waals surface area contributed by atoms with E-state index in [1.165, 1.54) is 4.90 Å². The van der Waals surface area contributed by atoms with Gasteiger partial charge in [-0.05, 0) is 24.6 Å². The van der Waals surface area contributed by atoms with Gasteiger partial charge in [-0.15, -0.1) is 0 Å². The molecule has 3 aromatic rings. The Morgan fingerprint density at radius 3 is 2.00 bits per heavy atom. The maximum atomic E-state index is 12.9. The summed E-state index contributed by atoms with van der Waals surface area (Å²) in [5.41, 5.74) is 3.03. The quantitative estimate of drug-likeness (QED) is 0.416. The molecule has 4 nitrogen and oxygen atoms in total. The number of amides is 1. The molecule has 0 aliphatic carbocycles. The first-order valence-corrected chi connectivity index (χ1v) is 9.06. The zero-order chi connectivity index (χ0) is 19.7. The van der Waals surface area contributed by atoms with Crippen LogP contribution in [-0.2, 0) is 9.59 Å². The van der Waals surface area contributed by atoms with Crippen molar-refractivity contribution in [3.63, 3.8) is 0 Å². The van der Waals surface area contributed by atoms with Crippen molar-refractivity contribution in [2.45, 2.75) is 13.0 Å². The van der Waals surface area contributed by atoms with Gasteiger partial charge < -0.3 is 5.11 Å². The Balaban J connectivity index is 1.94. The molecule has 4 rings (SSSR count). The van der Waals surface area contributed by atoms with E-state index in [2.05, 4.69) is 0 Å². The lowest BCUT2D eigenvalue weighted by atomic mass is 9.95. The van der Waals surface area contributed by atoms with Crippen LogP contribution >= 0.6 is 0 Å². The van der Waals surface area contributed by atoms with E-state index in [0.29, 0.717) is 11.3 Å². The number of anilines is 1. The maximum absolute atomic E-state index is 12.9. The molecule has 1 aliphatic rings. The average molecular weight is 369 g/mol. The molecule has 1 fully saturated rings. The molecule has 3 aromatic carbocycles. The minimum Gasteiger partial charge on any atom is -0.507 e. The van der Waals surface area contributed by atoms with Crippen molar-refractivity contribution < 1.29 is 14.7 Å². The normalized spacial score (nSPS) is 18.5. The number of ketones is 1. The first-order chi connectivity index (χ1) is 13.6. The Morgan fingerprint density at radius 2 is 1.39 bits per heavy atom. The van der Waals surface area contributed by atoms with Gasteiger partial charge in [0.1, 0.15) is 5.76 Å². The Kier molecular flexibility index (Phi) is 4.53. The lowest BCUT2D eigenvalue weighted by Gasteiger charge is -2.25. The first-order valence-electron chi connectivity index (χ1n) is 9.06. The summed E-state index contributed by atoms with van der Waals surface area (Å²) in [5.74, 6) is -1.49. The molecule has 138 valence electrons. The maximum Gasteiger partial charge on any atom is 0.300 e. The molecule has 28 heavy (non-hydrogen) atoms. The molecule has 1 saturated heterocycles. The van der Waals surface area contributed by atoms with Crippen LogP contribution in [0.3, 0.4) is 0 Å². The van der Waals surface area contributed by atoms with Crippen molar-refractivity contribution in [2.24, 2.45) is 0 Å². The van der Waals surface area contributed by atoms with Crippen LogP contribution in [0.4, 0.5) is 5.69 Å². The first kappa shape index (κ1) is 17.7. The number of carbonyl (C=O) groups is 2. The Labute approximate surface area is 163 Å². The van der Waals surface area contributed by atoms with Crippen molar-refractivity contribution in [1.29, 1.82) is 0 Å². The molecule has 1 heterocycles. The molecule has 1 aliphatic heterocycles. The molecule has 0 aromatic heterocycles. The largest absolute Gasteiger partial charge is 0.507 e. The fourth-order valence-corrected chi connectivity index (χ4v) is 3.51. The van der Waals surface area contributed by atoms with E-state index in [9.17, 15) is 14.7 Å². The van der Waals surface area contributed by atoms with Gasteiger partial charge in [0.25, 0.3) is 11.7 Å². The third-order valence-corrected chi connectivity index (χ3v) is 4.92. The van der Waals surface area contributed by atoms with E-state index in [4.69, 9.17) is 0 Å². The second-order valence-electron chi connectivity index (χ2n) is 6.78. The minimum atomic E-state index is -0.690. The van der Waals surface area contributed by atoms with Crippen molar-refractivity contribution in [3.05, 3.63) is 107 Å². The van der Waals surface area contributed by atoms with Gasteiger partial charge in [-0.3, -0.25) is 14.5 Å². The van der Waals surface area contributed by atoms with E-state index in [-0.39, 0.29) is 11.3 Å². The number of carbonyl (C=O) groups excluding carboxylic acids is 2. The Bertz CT molecular complexity index is 1050. The van der Waals surface area contributed by atoms with Crippen molar-refractivity contribution >= 4 is 23.1 Å². The van der Waals surface area contributed by atoms with Crippen LogP contribution < -0.4 is 4.90 Å². The summed E-state index contributed by atoms with van der Waals surface area (Å²) >= 11 is 0. The van der Waals surface area contributed by atoms with E-state index in [1.54, 1.807) is 24.3 Å². The van der Waals surface area contributed by atoms with Gasteiger partial charge in [0, 0.05) is 11.3 Å². The molecule has 0 radical (unpaired) electrons. The third-order valence-electron chi connectivity index (χ3n) is 4.92. The minimum absolute atomic E-state index is 0.101. The number of aliphatic hydroxyl groups is 1. The second kappa shape index (κ2) is 7.16. The highest BCUT2D eigenvalue weighted by Crippen LogP contribution is 2.41. The number of hydrogen-bond acceptors (Lipinski definition) is 3. The number of benzene rings is 3. The monoisotopic (exact) mass is 369 g/mol. The molecule has 0 unspecified atom stereocenters. The topological polar surface area (TPSA) is 57.6 Å². The summed E-state index contributed by atoms with van der Waals surface area (Å²) in [6.45, 7) is 1.95. The number of para-hydroxylation sites is 1. The van der Waals surface area contributed by atoms with Gasteiger partial charge >= 0.3 is 0 Å². The zero-order valence-electron chi connectivity index (χ0n) is 15.4. The summed E-state index contributed by atoms with van der Waals surface area (Å²) in [7, 11) is 0. The van der Waals surface area contributed by atoms with E-state index < -0.39 is 17.7 Å². The SMILES string of the molecule is Cc1ccc(/C(O)=C2\C(=O)C(=O)N(c3ccccc3)[C@H]2c2ccccc2)cc1. The summed E-state index contributed by atoms with van der Waals surface area (Å²) < 4.78 is 0. The van der Waals surface area contributed by atoms with Crippen LogP contribution in [0.25, 0.3) is 5.76 Å². The van der Waals surface area contributed by atoms with E-state index in [0.717, 1.165) is 11.1 Å². The number of rotatable bonds is 3. The highest BCUT2D eigenvalue weighted by Gasteiger charge is 2.46. The lowest BCUT2D eigenvalue weighted by Crippen LogP contribution is -2.29. The van der Waals surface area contributed by atoms with Crippen molar-refractivity contribution in [1.82, 2.24) is 0 Å². The molecule has 1 atom stereocenters. The molecule has 0 saturated carbocycles. The molecule has 1 N–H and O–H groups in total. The number of nitrogens with zero attached hydrogens (tertiary/aromatic N) is 1. The second-order valence-corrected chi connectivity index (χ2v) is 6.78. The summed E-state index contributed by atoms with van der Waals surface area (Å²) in [5, 5.41) is 11.0. The van der Waals surface area contributed by atoms with Crippen molar-refractivity contribution in [2.75, 3.05) is 4.90 Å². The molecule has 4 heteroatoms. The van der Waals surface area contributed by atoms with Gasteiger partial charge in [-0.1, -0.05) is 78.4 Å². The fourth-order valence-electron chi connectivity index (χ4n) is 3.51. The van der Waals surface area contributed by atoms with E-state index >= 15 is 0 Å². The average Bonchev–Trinajstić information content (AvgIpc) is 3.00. The van der Waals surface area contributed by atoms with E-state index in [1.807, 2.05) is 67.6 Å². The van der Waals surface area contributed by atoms with Gasteiger partial charge in [-0.2, -0.15) is 0 Å². The predicted octanol–water partition coefficient (Wildman–Crippen LogP) is 4.62. The fraction of sp³-hybridized carbons (Fsp3) is 0.0833. The van der Waals surface area contributed by atoms with Crippen LogP contribution in [0, 0.1) is 6.92 Å². The predicted molar refractivity (Wildman–Crippen MR) is 109 cm³/mol. The molecule has 1 amide bonds. The Hall–Kier alpha value is -3.66. The molecule has 0 spiro atoms. The van der Waals surface area contributed by atoms with Crippen molar-refractivity contribution in [3.8, 4) is 0 Å². The smallest absolute Gasteiger partial charge is 0.300 e. The van der Waals surface area contributed by atoms with Crippen LogP contribution in [0.5, 0.6) is 0 Å². The highest BCUT2D eigenvalue weighted by atomic mass is 16.3.